The predicted octanol–water partition coefficient (Wildman–Crippen LogP) is 1.75. The minimum Gasteiger partial charge on any atom is -0.481 e. The molecule has 1 aliphatic rings. The first-order chi connectivity index (χ1) is 8.00. The maximum Gasteiger partial charge on any atom is 0.308 e. The SMILES string of the molecule is CC(C)CC(CNC(=O)C1CCCS1)C(=O)O. The minimum absolute atomic E-state index is 0.00232. The molecule has 1 rings (SSSR count). The molecule has 2 N–H and O–H groups in total. The van der Waals surface area contributed by atoms with E-state index in [1.165, 1.54) is 0 Å². The number of carbonyl (C=O) groups is 2. The second-order valence-corrected chi connectivity index (χ2v) is 6.22. The monoisotopic (exact) mass is 259 g/mol. The van der Waals surface area contributed by atoms with Gasteiger partial charge in [0.1, 0.15) is 0 Å². The quantitative estimate of drug-likeness (QED) is 0.762. The summed E-state index contributed by atoms with van der Waals surface area (Å²) in [6.07, 6.45) is 2.60. The lowest BCUT2D eigenvalue weighted by atomic mass is 9.97. The standard InChI is InChI=1S/C12H21NO3S/c1-8(2)6-9(12(15)16)7-13-11(14)10-4-3-5-17-10/h8-10H,3-7H2,1-2H3,(H,13,14)(H,15,16). The van der Waals surface area contributed by atoms with Crippen molar-refractivity contribution in [1.29, 1.82) is 0 Å². The molecule has 98 valence electrons. The number of hydrogen-bond donors (Lipinski definition) is 2. The smallest absolute Gasteiger partial charge is 0.308 e. The van der Waals surface area contributed by atoms with E-state index in [-0.39, 0.29) is 17.7 Å². The highest BCUT2D eigenvalue weighted by Gasteiger charge is 2.25. The normalized spacial score (nSPS) is 21.5. The first kappa shape index (κ1) is 14.4. The molecule has 1 heterocycles. The van der Waals surface area contributed by atoms with Gasteiger partial charge < -0.3 is 10.4 Å². The van der Waals surface area contributed by atoms with Crippen molar-refractivity contribution in [1.82, 2.24) is 5.32 Å². The van der Waals surface area contributed by atoms with Gasteiger partial charge in [-0.05, 0) is 30.9 Å². The Balaban J connectivity index is 2.35. The molecule has 1 fully saturated rings. The number of rotatable bonds is 6. The molecule has 2 atom stereocenters. The first-order valence-electron chi connectivity index (χ1n) is 6.12. The van der Waals surface area contributed by atoms with Crippen molar-refractivity contribution < 1.29 is 14.7 Å². The fourth-order valence-electron chi connectivity index (χ4n) is 1.96. The number of aliphatic carboxylic acids is 1. The molecule has 0 saturated carbocycles. The zero-order valence-electron chi connectivity index (χ0n) is 10.4. The highest BCUT2D eigenvalue weighted by atomic mass is 32.2. The van der Waals surface area contributed by atoms with E-state index < -0.39 is 11.9 Å². The van der Waals surface area contributed by atoms with E-state index >= 15 is 0 Å². The van der Waals surface area contributed by atoms with Crippen molar-refractivity contribution in [3.8, 4) is 0 Å². The van der Waals surface area contributed by atoms with Crippen molar-refractivity contribution in [2.45, 2.75) is 38.4 Å². The summed E-state index contributed by atoms with van der Waals surface area (Å²) in [5.41, 5.74) is 0. The third kappa shape index (κ3) is 4.98. The zero-order chi connectivity index (χ0) is 12.8. The predicted molar refractivity (Wildman–Crippen MR) is 69.1 cm³/mol. The van der Waals surface area contributed by atoms with Gasteiger partial charge in [0.15, 0.2) is 0 Å². The molecule has 2 unspecified atom stereocenters. The van der Waals surface area contributed by atoms with E-state index in [1.807, 2.05) is 13.8 Å². The highest BCUT2D eigenvalue weighted by Crippen LogP contribution is 2.26. The molecule has 1 amide bonds. The van der Waals surface area contributed by atoms with E-state index in [4.69, 9.17) is 5.11 Å². The number of nitrogens with one attached hydrogen (secondary N) is 1. The molecule has 1 aliphatic heterocycles. The lowest BCUT2D eigenvalue weighted by molar-refractivity contribution is -0.142. The van der Waals surface area contributed by atoms with Crippen LogP contribution in [0.4, 0.5) is 0 Å². The third-order valence-electron chi connectivity index (χ3n) is 2.85. The second kappa shape index (κ2) is 6.89. The van der Waals surface area contributed by atoms with Gasteiger partial charge in [0, 0.05) is 6.54 Å². The average Bonchev–Trinajstić information content (AvgIpc) is 2.76. The second-order valence-electron chi connectivity index (χ2n) is 4.91. The van der Waals surface area contributed by atoms with E-state index in [0.717, 1.165) is 18.6 Å². The first-order valence-corrected chi connectivity index (χ1v) is 7.17. The largest absolute Gasteiger partial charge is 0.481 e. The summed E-state index contributed by atoms with van der Waals surface area (Å²) in [5, 5.41) is 11.8. The molecule has 0 bridgehead atoms. The number of carboxylic acids is 1. The fraction of sp³-hybridized carbons (Fsp3) is 0.833. The Labute approximate surface area is 107 Å². The highest BCUT2D eigenvalue weighted by molar-refractivity contribution is 8.00. The molecule has 4 nitrogen and oxygen atoms in total. The maximum atomic E-state index is 11.7. The van der Waals surface area contributed by atoms with Gasteiger partial charge in [0.05, 0.1) is 11.2 Å². The Bertz CT molecular complexity index is 275. The van der Waals surface area contributed by atoms with Crippen molar-refractivity contribution >= 4 is 23.6 Å². The molecule has 0 radical (unpaired) electrons. The Morgan fingerprint density at radius 1 is 1.47 bits per heavy atom. The third-order valence-corrected chi connectivity index (χ3v) is 4.23. The van der Waals surface area contributed by atoms with E-state index in [0.29, 0.717) is 12.3 Å². The summed E-state index contributed by atoms with van der Waals surface area (Å²) in [7, 11) is 0. The molecule has 0 aromatic heterocycles. The zero-order valence-corrected chi connectivity index (χ0v) is 11.3. The molecule has 0 aromatic carbocycles. The van der Waals surface area contributed by atoms with Crippen molar-refractivity contribution in [2.75, 3.05) is 12.3 Å². The van der Waals surface area contributed by atoms with Crippen LogP contribution in [0.25, 0.3) is 0 Å². The van der Waals surface area contributed by atoms with Crippen LogP contribution < -0.4 is 5.32 Å². The van der Waals surface area contributed by atoms with Gasteiger partial charge in [-0.15, -0.1) is 11.8 Å². The van der Waals surface area contributed by atoms with Crippen LogP contribution in [-0.2, 0) is 9.59 Å². The Hall–Kier alpha value is -0.710. The van der Waals surface area contributed by atoms with Gasteiger partial charge in [0.25, 0.3) is 0 Å². The number of hydrogen-bond acceptors (Lipinski definition) is 3. The summed E-state index contributed by atoms with van der Waals surface area (Å²) in [6, 6.07) is 0. The molecular formula is C12H21NO3S. The summed E-state index contributed by atoms with van der Waals surface area (Å²) < 4.78 is 0. The summed E-state index contributed by atoms with van der Waals surface area (Å²) >= 11 is 1.66. The van der Waals surface area contributed by atoms with E-state index in [1.54, 1.807) is 11.8 Å². The number of thioether (sulfide) groups is 1. The van der Waals surface area contributed by atoms with Crippen LogP contribution >= 0.6 is 11.8 Å². The number of carboxylic acid groups (broad SMARTS) is 1. The van der Waals surface area contributed by atoms with Crippen LogP contribution in [0.5, 0.6) is 0 Å². The molecule has 1 saturated heterocycles. The van der Waals surface area contributed by atoms with Crippen LogP contribution in [0.3, 0.4) is 0 Å². The van der Waals surface area contributed by atoms with Crippen LogP contribution in [-0.4, -0.2) is 34.5 Å². The van der Waals surface area contributed by atoms with Crippen LogP contribution in [0, 0.1) is 11.8 Å². The van der Waals surface area contributed by atoms with Crippen molar-refractivity contribution in [3.05, 3.63) is 0 Å². The summed E-state index contributed by atoms with van der Waals surface area (Å²) in [6.45, 7) is 4.23. The van der Waals surface area contributed by atoms with E-state index in [9.17, 15) is 9.59 Å². The average molecular weight is 259 g/mol. The molecule has 17 heavy (non-hydrogen) atoms. The molecule has 5 heteroatoms. The van der Waals surface area contributed by atoms with Gasteiger partial charge in [-0.2, -0.15) is 0 Å². The topological polar surface area (TPSA) is 66.4 Å². The summed E-state index contributed by atoms with van der Waals surface area (Å²) in [4.78, 5) is 22.7. The molecular weight excluding hydrogens is 238 g/mol. The van der Waals surface area contributed by atoms with Crippen LogP contribution in [0.15, 0.2) is 0 Å². The van der Waals surface area contributed by atoms with Gasteiger partial charge in [-0.25, -0.2) is 0 Å². The molecule has 0 spiro atoms. The number of amides is 1. The van der Waals surface area contributed by atoms with Crippen molar-refractivity contribution in [3.63, 3.8) is 0 Å². The van der Waals surface area contributed by atoms with Gasteiger partial charge in [-0.1, -0.05) is 13.8 Å². The maximum absolute atomic E-state index is 11.7. The Kier molecular flexibility index (Phi) is 5.82. The van der Waals surface area contributed by atoms with Gasteiger partial charge in [-0.3, -0.25) is 9.59 Å². The Morgan fingerprint density at radius 2 is 2.18 bits per heavy atom. The summed E-state index contributed by atoms with van der Waals surface area (Å²) in [5.74, 6) is 0.0756. The van der Waals surface area contributed by atoms with Crippen molar-refractivity contribution in [2.24, 2.45) is 11.8 Å². The Morgan fingerprint density at radius 3 is 2.65 bits per heavy atom. The van der Waals surface area contributed by atoms with Gasteiger partial charge in [0.2, 0.25) is 5.91 Å². The molecule has 0 aliphatic carbocycles. The fourth-order valence-corrected chi connectivity index (χ4v) is 3.15. The van der Waals surface area contributed by atoms with Crippen LogP contribution in [0.1, 0.15) is 33.1 Å². The minimum atomic E-state index is -0.821. The van der Waals surface area contributed by atoms with E-state index in [2.05, 4.69) is 5.32 Å². The number of carbonyl (C=O) groups excluding carboxylic acids is 1. The van der Waals surface area contributed by atoms with Crippen LogP contribution in [0.2, 0.25) is 0 Å². The lowest BCUT2D eigenvalue weighted by Crippen LogP contribution is -2.37. The molecule has 0 aromatic rings. The van der Waals surface area contributed by atoms with Gasteiger partial charge >= 0.3 is 5.97 Å². The lowest BCUT2D eigenvalue weighted by Gasteiger charge is -2.16.